The number of carbonyl (C=O) groups is 1. The van der Waals surface area contributed by atoms with Crippen LogP contribution in [0.15, 0.2) is 46.0 Å². The van der Waals surface area contributed by atoms with Gasteiger partial charge in [-0.1, -0.05) is 6.07 Å². The van der Waals surface area contributed by atoms with Gasteiger partial charge in [0.1, 0.15) is 0 Å². The number of methoxy groups -OCH3 is 1. The molecule has 0 fully saturated rings. The summed E-state index contributed by atoms with van der Waals surface area (Å²) in [6.45, 7) is -0.121. The molecule has 0 aliphatic carbocycles. The van der Waals surface area contributed by atoms with Gasteiger partial charge in [0.25, 0.3) is 11.6 Å². The Bertz CT molecular complexity index is 902. The van der Waals surface area contributed by atoms with Gasteiger partial charge in [0.05, 0.1) is 28.4 Å². The highest BCUT2D eigenvalue weighted by molar-refractivity contribution is 9.10. The van der Waals surface area contributed by atoms with Gasteiger partial charge in [-0.2, -0.15) is 5.10 Å². The zero-order valence-electron chi connectivity index (χ0n) is 15.5. The molecule has 0 saturated heterocycles. The quantitative estimate of drug-likeness (QED) is 0.375. The van der Waals surface area contributed by atoms with E-state index in [1.54, 1.807) is 38.4 Å². The lowest BCUT2D eigenvalue weighted by Crippen LogP contribution is -2.27. The first-order chi connectivity index (χ1) is 13.3. The van der Waals surface area contributed by atoms with Gasteiger partial charge in [-0.05, 0) is 39.7 Å². The van der Waals surface area contributed by atoms with Crippen molar-refractivity contribution in [1.82, 2.24) is 4.90 Å². The molecule has 0 aliphatic rings. The molecule has 28 heavy (non-hydrogen) atoms. The van der Waals surface area contributed by atoms with Gasteiger partial charge in [0, 0.05) is 26.2 Å². The number of ether oxygens (including phenoxy) is 2. The highest BCUT2D eigenvalue weighted by Crippen LogP contribution is 2.36. The zero-order valence-corrected chi connectivity index (χ0v) is 17.1. The lowest BCUT2D eigenvalue weighted by Gasteiger charge is -2.15. The van der Waals surface area contributed by atoms with Gasteiger partial charge in [-0.25, -0.2) is 0 Å². The van der Waals surface area contributed by atoms with Crippen molar-refractivity contribution < 1.29 is 19.2 Å². The summed E-state index contributed by atoms with van der Waals surface area (Å²) in [5.41, 5.74) is 3.88. The fourth-order valence-corrected chi connectivity index (χ4v) is 2.66. The number of hydrazone groups is 1. The molecule has 2 aromatic rings. The van der Waals surface area contributed by atoms with Gasteiger partial charge in [0.2, 0.25) is 0 Å². The summed E-state index contributed by atoms with van der Waals surface area (Å²) < 4.78 is 11.5. The third-order valence-electron chi connectivity index (χ3n) is 3.55. The maximum Gasteiger partial charge on any atom is 0.271 e. The smallest absolute Gasteiger partial charge is 0.271 e. The van der Waals surface area contributed by atoms with Crippen LogP contribution in [0.1, 0.15) is 5.56 Å². The van der Waals surface area contributed by atoms with E-state index in [0.29, 0.717) is 27.2 Å². The van der Waals surface area contributed by atoms with E-state index in [1.807, 2.05) is 0 Å². The Balaban J connectivity index is 2.13. The first kappa shape index (κ1) is 21.2. The maximum absolute atomic E-state index is 11.7. The summed E-state index contributed by atoms with van der Waals surface area (Å²) in [7, 11) is 4.78. The minimum Gasteiger partial charge on any atom is -0.493 e. The summed E-state index contributed by atoms with van der Waals surface area (Å²) in [5, 5.41) is 14.9. The molecule has 0 aromatic heterocycles. The highest BCUT2D eigenvalue weighted by atomic mass is 79.9. The Morgan fingerprint density at radius 1 is 1.36 bits per heavy atom. The summed E-state index contributed by atoms with van der Waals surface area (Å²) in [6.07, 6.45) is 1.53. The fourth-order valence-electron chi connectivity index (χ4n) is 2.09. The van der Waals surface area contributed by atoms with Crippen molar-refractivity contribution >= 4 is 39.4 Å². The average molecular weight is 451 g/mol. The van der Waals surface area contributed by atoms with E-state index in [0.717, 1.165) is 0 Å². The number of non-ortho nitro benzene ring substituents is 1. The molecule has 0 heterocycles. The maximum atomic E-state index is 11.7. The molecule has 0 radical (unpaired) electrons. The monoisotopic (exact) mass is 450 g/mol. The first-order valence-electron chi connectivity index (χ1n) is 8.06. The van der Waals surface area contributed by atoms with Gasteiger partial charge < -0.3 is 14.4 Å². The Hall–Kier alpha value is -3.14. The molecule has 0 unspecified atom stereocenters. The van der Waals surface area contributed by atoms with Gasteiger partial charge >= 0.3 is 0 Å². The number of hydrogen-bond donors (Lipinski definition) is 1. The molecule has 10 heteroatoms. The van der Waals surface area contributed by atoms with Crippen LogP contribution in [0.5, 0.6) is 11.5 Å². The van der Waals surface area contributed by atoms with E-state index in [4.69, 9.17) is 9.47 Å². The van der Waals surface area contributed by atoms with Crippen LogP contribution in [0.2, 0.25) is 0 Å². The topological polar surface area (TPSA) is 106 Å². The highest BCUT2D eigenvalue weighted by Gasteiger charge is 2.14. The van der Waals surface area contributed by atoms with Crippen molar-refractivity contribution in [2.75, 3.05) is 33.2 Å². The van der Waals surface area contributed by atoms with Gasteiger partial charge in [-0.3, -0.25) is 20.3 Å². The van der Waals surface area contributed by atoms with Crippen molar-refractivity contribution in [1.29, 1.82) is 0 Å². The van der Waals surface area contributed by atoms with Gasteiger partial charge in [0.15, 0.2) is 18.1 Å². The molecule has 2 aromatic carbocycles. The van der Waals surface area contributed by atoms with Crippen molar-refractivity contribution in [2.24, 2.45) is 5.10 Å². The molecule has 0 bridgehead atoms. The molecule has 0 saturated carbocycles. The van der Waals surface area contributed by atoms with Crippen LogP contribution in [-0.4, -0.2) is 49.8 Å². The molecule has 148 valence electrons. The van der Waals surface area contributed by atoms with E-state index in [1.165, 1.54) is 30.4 Å². The second kappa shape index (κ2) is 9.70. The Morgan fingerprint density at radius 3 is 2.75 bits per heavy atom. The number of nitrogens with zero attached hydrogens (tertiary/aromatic N) is 3. The molecular weight excluding hydrogens is 432 g/mol. The first-order valence-corrected chi connectivity index (χ1v) is 8.85. The third-order valence-corrected chi connectivity index (χ3v) is 4.14. The number of nitro groups is 1. The molecule has 2 rings (SSSR count). The van der Waals surface area contributed by atoms with E-state index in [-0.39, 0.29) is 18.2 Å². The minimum absolute atomic E-state index is 0.0293. The van der Waals surface area contributed by atoms with E-state index < -0.39 is 4.92 Å². The minimum atomic E-state index is -0.476. The van der Waals surface area contributed by atoms with Crippen LogP contribution >= 0.6 is 15.9 Å². The van der Waals surface area contributed by atoms with E-state index in [9.17, 15) is 14.9 Å². The SMILES string of the molecule is COc1cc(C=NNc2cccc([N+](=O)[O-])c2)cc(Br)c1OCC(=O)N(C)C. The Labute approximate surface area is 170 Å². The van der Waals surface area contributed by atoms with Crippen molar-refractivity contribution in [2.45, 2.75) is 0 Å². The van der Waals surface area contributed by atoms with Crippen molar-refractivity contribution in [3.05, 3.63) is 56.5 Å². The summed E-state index contributed by atoms with van der Waals surface area (Å²) in [5.74, 6) is 0.653. The third kappa shape index (κ3) is 5.68. The predicted molar refractivity (Wildman–Crippen MR) is 109 cm³/mol. The number of benzene rings is 2. The number of anilines is 1. The number of amides is 1. The second-order valence-corrected chi connectivity index (χ2v) is 6.64. The number of likely N-dealkylation sites (N-methyl/N-ethyl adjacent to an activating group) is 1. The summed E-state index contributed by atoms with van der Waals surface area (Å²) in [6, 6.07) is 9.45. The van der Waals surface area contributed by atoms with Crippen molar-refractivity contribution in [3.8, 4) is 11.5 Å². The second-order valence-electron chi connectivity index (χ2n) is 5.79. The molecule has 1 N–H and O–H groups in total. The Kier molecular flexibility index (Phi) is 7.33. The van der Waals surface area contributed by atoms with Crippen LogP contribution in [0.25, 0.3) is 0 Å². The summed E-state index contributed by atoms with van der Waals surface area (Å²) >= 11 is 3.40. The van der Waals surface area contributed by atoms with Crippen LogP contribution in [-0.2, 0) is 4.79 Å². The lowest BCUT2D eigenvalue weighted by atomic mass is 10.2. The molecule has 0 atom stereocenters. The molecule has 9 nitrogen and oxygen atoms in total. The van der Waals surface area contributed by atoms with Crippen LogP contribution in [0.3, 0.4) is 0 Å². The molecule has 0 aliphatic heterocycles. The Morgan fingerprint density at radius 2 is 2.11 bits per heavy atom. The van der Waals surface area contributed by atoms with E-state index in [2.05, 4.69) is 26.5 Å². The number of rotatable bonds is 8. The largest absolute Gasteiger partial charge is 0.493 e. The van der Waals surface area contributed by atoms with Crippen LogP contribution in [0.4, 0.5) is 11.4 Å². The number of nitro benzene ring substituents is 1. The number of halogens is 1. The normalized spacial score (nSPS) is 10.6. The lowest BCUT2D eigenvalue weighted by molar-refractivity contribution is -0.384. The number of hydrogen-bond acceptors (Lipinski definition) is 7. The standard InChI is InChI=1S/C18H19BrN4O5/c1-22(2)17(24)11-28-18-15(19)7-12(8-16(18)27-3)10-20-21-13-5-4-6-14(9-13)23(25)26/h4-10,21H,11H2,1-3H3. The molecular formula is C18H19BrN4O5. The van der Waals surface area contributed by atoms with Crippen LogP contribution < -0.4 is 14.9 Å². The molecule has 1 amide bonds. The summed E-state index contributed by atoms with van der Waals surface area (Å²) in [4.78, 5) is 23.5. The van der Waals surface area contributed by atoms with Crippen LogP contribution in [0, 0.1) is 10.1 Å². The van der Waals surface area contributed by atoms with Gasteiger partial charge in [-0.15, -0.1) is 0 Å². The zero-order chi connectivity index (χ0) is 20.7. The fraction of sp³-hybridized carbons (Fsp3) is 0.222. The molecule has 0 spiro atoms. The predicted octanol–water partition coefficient (Wildman–Crippen LogP) is 3.28. The average Bonchev–Trinajstić information content (AvgIpc) is 2.66. The van der Waals surface area contributed by atoms with Crippen molar-refractivity contribution in [3.63, 3.8) is 0 Å². The van der Waals surface area contributed by atoms with E-state index >= 15 is 0 Å². The number of nitrogens with one attached hydrogen (secondary N) is 1. The number of carbonyl (C=O) groups excluding carboxylic acids is 1.